The van der Waals surface area contributed by atoms with Crippen LogP contribution in [0.2, 0.25) is 0 Å². The fourth-order valence-corrected chi connectivity index (χ4v) is 7.19. The predicted molar refractivity (Wildman–Crippen MR) is 177 cm³/mol. The largest absolute Gasteiger partial charge is 0.463 e. The van der Waals surface area contributed by atoms with Gasteiger partial charge in [-0.25, -0.2) is 0 Å². The molecule has 0 amide bonds. The highest BCUT2D eigenvalue weighted by Gasteiger charge is 2.23. The topological polar surface area (TPSA) is 39.4 Å². The van der Waals surface area contributed by atoms with Crippen LogP contribution in [-0.2, 0) is 0 Å². The van der Waals surface area contributed by atoms with Gasteiger partial charge in [0.05, 0.1) is 11.6 Å². The van der Waals surface area contributed by atoms with Gasteiger partial charge in [0.1, 0.15) is 27.9 Å². The summed E-state index contributed by atoms with van der Waals surface area (Å²) in [5, 5.41) is 10.2. The molecule has 0 aliphatic heterocycles. The van der Waals surface area contributed by atoms with Crippen LogP contribution in [0, 0.1) is 0 Å². The Balaban J connectivity index is 1.35. The van der Waals surface area contributed by atoms with Crippen LogP contribution in [0.3, 0.4) is 0 Å². The van der Waals surface area contributed by atoms with E-state index in [1.165, 1.54) is 38.2 Å². The second-order valence-corrected chi connectivity index (χ2v) is 11.2. The average molecular weight is 551 g/mol. The first kappa shape index (κ1) is 22.8. The zero-order valence-electron chi connectivity index (χ0n) is 22.9. The molecule has 0 bridgehead atoms. The fourth-order valence-electron chi connectivity index (χ4n) is 7.19. The van der Waals surface area contributed by atoms with Crippen LogP contribution in [0.5, 0.6) is 0 Å². The Kier molecular flexibility index (Phi) is 4.45. The van der Waals surface area contributed by atoms with Crippen LogP contribution in [0.4, 0.5) is 0 Å². The molecule has 3 nitrogen and oxygen atoms in total. The summed E-state index contributed by atoms with van der Waals surface area (Å²) in [6.45, 7) is 0. The van der Waals surface area contributed by atoms with E-state index in [4.69, 9.17) is 13.3 Å². The predicted octanol–water partition coefficient (Wildman–Crippen LogP) is 11.9. The molecule has 0 aliphatic rings. The lowest BCUT2D eigenvalue weighted by atomic mass is 9.85. The molecule has 10 aromatic rings. The van der Waals surface area contributed by atoms with Gasteiger partial charge >= 0.3 is 0 Å². The van der Waals surface area contributed by atoms with Crippen LogP contribution in [0.25, 0.3) is 98.6 Å². The van der Waals surface area contributed by atoms with Crippen molar-refractivity contribution in [3.8, 4) is 22.3 Å². The zero-order valence-corrected chi connectivity index (χ0v) is 22.9. The summed E-state index contributed by atoms with van der Waals surface area (Å²) >= 11 is 0. The van der Waals surface area contributed by atoms with E-state index in [9.17, 15) is 0 Å². The number of furan rings is 3. The molecule has 10 rings (SSSR count). The first-order valence-electron chi connectivity index (χ1n) is 14.5. The molecular formula is C40H22O3. The molecule has 3 aromatic heterocycles. The average Bonchev–Trinajstić information content (AvgIpc) is 3.76. The highest BCUT2D eigenvalue weighted by molar-refractivity contribution is 6.28. The van der Waals surface area contributed by atoms with E-state index < -0.39 is 0 Å². The SMILES string of the molecule is c1ccc2c(c1)oc1cccc(-c3c4ccccc4c(-c4coc5c4ccc4oc6ccccc6c45)c4ccccc34)c12. The monoisotopic (exact) mass is 550 g/mol. The third-order valence-corrected chi connectivity index (χ3v) is 8.95. The van der Waals surface area contributed by atoms with Crippen LogP contribution in [-0.4, -0.2) is 0 Å². The van der Waals surface area contributed by atoms with Gasteiger partial charge in [0.15, 0.2) is 0 Å². The first-order chi connectivity index (χ1) is 21.3. The molecule has 0 atom stereocenters. The lowest BCUT2D eigenvalue weighted by molar-refractivity contribution is 0.619. The summed E-state index contributed by atoms with van der Waals surface area (Å²) in [6.07, 6.45) is 1.92. The number of para-hydroxylation sites is 2. The summed E-state index contributed by atoms with van der Waals surface area (Å²) in [6, 6.07) is 44.5. The Bertz CT molecular complexity index is 2680. The molecule has 3 heterocycles. The third-order valence-electron chi connectivity index (χ3n) is 8.95. The Morgan fingerprint density at radius 3 is 1.44 bits per heavy atom. The molecule has 0 N–H and O–H groups in total. The molecular weight excluding hydrogens is 528 g/mol. The molecule has 0 fully saturated rings. The summed E-state index contributed by atoms with van der Waals surface area (Å²) in [5.74, 6) is 0. The molecule has 0 spiro atoms. The van der Waals surface area contributed by atoms with Crippen molar-refractivity contribution < 1.29 is 13.3 Å². The maximum atomic E-state index is 6.42. The molecule has 43 heavy (non-hydrogen) atoms. The minimum Gasteiger partial charge on any atom is -0.463 e. The van der Waals surface area contributed by atoms with Gasteiger partial charge in [0, 0.05) is 32.7 Å². The third kappa shape index (κ3) is 3.03. The Labute approximate surface area is 245 Å². The molecule has 7 aromatic carbocycles. The van der Waals surface area contributed by atoms with Gasteiger partial charge in [0.2, 0.25) is 0 Å². The van der Waals surface area contributed by atoms with E-state index in [1.54, 1.807) is 0 Å². The zero-order chi connectivity index (χ0) is 28.1. The molecule has 0 radical (unpaired) electrons. The van der Waals surface area contributed by atoms with Crippen molar-refractivity contribution in [3.63, 3.8) is 0 Å². The van der Waals surface area contributed by atoms with E-state index in [0.717, 1.165) is 60.4 Å². The van der Waals surface area contributed by atoms with E-state index in [1.807, 2.05) is 36.6 Å². The van der Waals surface area contributed by atoms with Crippen LogP contribution >= 0.6 is 0 Å². The van der Waals surface area contributed by atoms with E-state index >= 15 is 0 Å². The van der Waals surface area contributed by atoms with Crippen molar-refractivity contribution in [2.45, 2.75) is 0 Å². The van der Waals surface area contributed by atoms with E-state index in [-0.39, 0.29) is 0 Å². The maximum Gasteiger partial charge on any atom is 0.146 e. The minimum atomic E-state index is 0.833. The highest BCUT2D eigenvalue weighted by atomic mass is 16.3. The van der Waals surface area contributed by atoms with Gasteiger partial charge in [-0.2, -0.15) is 0 Å². The highest BCUT2D eigenvalue weighted by Crippen LogP contribution is 2.49. The van der Waals surface area contributed by atoms with Gasteiger partial charge in [-0.15, -0.1) is 0 Å². The second-order valence-electron chi connectivity index (χ2n) is 11.2. The number of benzene rings is 7. The van der Waals surface area contributed by atoms with Gasteiger partial charge in [-0.3, -0.25) is 0 Å². The smallest absolute Gasteiger partial charge is 0.146 e. The normalized spacial score (nSPS) is 12.2. The summed E-state index contributed by atoms with van der Waals surface area (Å²) < 4.78 is 18.9. The van der Waals surface area contributed by atoms with Gasteiger partial charge in [-0.05, 0) is 63.0 Å². The van der Waals surface area contributed by atoms with E-state index in [2.05, 4.69) is 97.1 Å². The lowest BCUT2D eigenvalue weighted by Crippen LogP contribution is -1.90. The molecule has 0 unspecified atom stereocenters. The Morgan fingerprint density at radius 2 is 0.814 bits per heavy atom. The summed E-state index contributed by atoms with van der Waals surface area (Å²) in [5.41, 5.74) is 8.98. The van der Waals surface area contributed by atoms with Gasteiger partial charge < -0.3 is 13.3 Å². The molecule has 0 saturated heterocycles. The van der Waals surface area contributed by atoms with Crippen LogP contribution in [0.15, 0.2) is 147 Å². The quantitative estimate of drug-likeness (QED) is 0.201. The number of hydrogen-bond acceptors (Lipinski definition) is 3. The van der Waals surface area contributed by atoms with Crippen LogP contribution in [0.1, 0.15) is 0 Å². The Morgan fingerprint density at radius 1 is 0.326 bits per heavy atom. The van der Waals surface area contributed by atoms with Crippen molar-refractivity contribution in [1.82, 2.24) is 0 Å². The number of hydrogen-bond donors (Lipinski definition) is 0. The molecule has 0 aliphatic carbocycles. The summed E-state index contributed by atoms with van der Waals surface area (Å²) in [7, 11) is 0. The molecule has 3 heteroatoms. The van der Waals surface area contributed by atoms with Crippen molar-refractivity contribution in [3.05, 3.63) is 134 Å². The lowest BCUT2D eigenvalue weighted by Gasteiger charge is -2.17. The van der Waals surface area contributed by atoms with Crippen molar-refractivity contribution in [1.29, 1.82) is 0 Å². The standard InChI is InChI=1S/C40H22O3/c1-3-12-25-23(10-1)36(30-16-9-19-34-38(30)28-14-5-7-17-32(28)42-34)24-11-2-4-13-26(24)37(25)31-22-41-40-27(31)20-21-35-39(40)29-15-6-8-18-33(29)43-35/h1-22H. The van der Waals surface area contributed by atoms with E-state index in [0.29, 0.717) is 0 Å². The Hall–Kier alpha value is -5.80. The number of fused-ring (bicyclic) bond motifs is 10. The van der Waals surface area contributed by atoms with Crippen molar-refractivity contribution in [2.24, 2.45) is 0 Å². The molecule has 0 saturated carbocycles. The van der Waals surface area contributed by atoms with Crippen molar-refractivity contribution in [2.75, 3.05) is 0 Å². The van der Waals surface area contributed by atoms with Crippen molar-refractivity contribution >= 4 is 76.4 Å². The maximum absolute atomic E-state index is 6.42. The van der Waals surface area contributed by atoms with Crippen LogP contribution < -0.4 is 0 Å². The molecule has 200 valence electrons. The summed E-state index contributed by atoms with van der Waals surface area (Å²) in [4.78, 5) is 0. The fraction of sp³-hybridized carbons (Fsp3) is 0. The number of rotatable bonds is 2. The minimum absolute atomic E-state index is 0.833. The van der Waals surface area contributed by atoms with Gasteiger partial charge in [0.25, 0.3) is 0 Å². The van der Waals surface area contributed by atoms with Gasteiger partial charge in [-0.1, -0.05) is 97.1 Å². The second kappa shape index (κ2) is 8.37. The first-order valence-corrected chi connectivity index (χ1v) is 14.5.